The van der Waals surface area contributed by atoms with Crippen molar-refractivity contribution in [2.24, 2.45) is 5.73 Å². The van der Waals surface area contributed by atoms with E-state index in [0.29, 0.717) is 0 Å². The van der Waals surface area contributed by atoms with E-state index in [-0.39, 0.29) is 30.4 Å². The molecule has 4 N–H and O–H groups in total. The van der Waals surface area contributed by atoms with Crippen LogP contribution < -0.4 is 15.8 Å². The fourth-order valence-electron chi connectivity index (χ4n) is 1.38. The fourth-order valence-corrected chi connectivity index (χ4v) is 4.30. The van der Waals surface area contributed by atoms with Crippen molar-refractivity contribution in [3.8, 4) is 0 Å². The van der Waals surface area contributed by atoms with Crippen LogP contribution in [-0.4, -0.2) is 67.9 Å². The van der Waals surface area contributed by atoms with E-state index in [1.165, 1.54) is 0 Å². The summed E-state index contributed by atoms with van der Waals surface area (Å²) in [4.78, 5) is 34.2. The summed E-state index contributed by atoms with van der Waals surface area (Å²) in [5, 5.41) is 1.46. The van der Waals surface area contributed by atoms with Gasteiger partial charge in [-0.05, 0) is 13.8 Å². The average Bonchev–Trinajstić information content (AvgIpc) is 2.52. The van der Waals surface area contributed by atoms with E-state index >= 15 is 0 Å². The summed E-state index contributed by atoms with van der Waals surface area (Å²) in [5.41, 5.74) is 5.08. The minimum atomic E-state index is -3.74. The third-order valence-electron chi connectivity index (χ3n) is 2.61. The number of carbonyl (C=O) groups is 3. The molecule has 0 heterocycles. The van der Waals surface area contributed by atoms with Crippen LogP contribution in [-0.2, 0) is 29.1 Å². The summed E-state index contributed by atoms with van der Waals surface area (Å²) in [7, 11) is -3.74. The molecule has 0 spiro atoms. The average molecular weight is 402 g/mol. The van der Waals surface area contributed by atoms with E-state index in [1.54, 1.807) is 13.8 Å². The van der Waals surface area contributed by atoms with Gasteiger partial charge in [-0.3, -0.25) is 19.7 Å². The molecule has 0 aromatic carbocycles. The highest BCUT2D eigenvalue weighted by molar-refractivity contribution is 8.01. The fraction of sp³-hybridized carbons (Fsp3) is 0.750. The molecule has 0 rings (SSSR count). The zero-order valence-corrected chi connectivity index (χ0v) is 16.0. The Hall–Kier alpha value is -0.820. The lowest BCUT2D eigenvalue weighted by molar-refractivity contribution is -0.144. The Morgan fingerprint density at radius 3 is 2.46 bits per heavy atom. The summed E-state index contributed by atoms with van der Waals surface area (Å²) in [6.07, 6.45) is 0. The van der Waals surface area contributed by atoms with Gasteiger partial charge in [0, 0.05) is 11.5 Å². The predicted octanol–water partition coefficient (Wildman–Crippen LogP) is -1.51. The highest BCUT2D eigenvalue weighted by atomic mass is 32.2. The molecule has 0 aromatic heterocycles. The van der Waals surface area contributed by atoms with E-state index in [4.69, 9.17) is 10.5 Å². The SMILES string of the molecule is CCOC(=O)C(CS)NS(=O)(=O)CCS[C@@H](C)C(=O)NC(=O)CN. The Kier molecular flexibility index (Phi) is 11.3. The molecule has 0 aromatic rings. The summed E-state index contributed by atoms with van der Waals surface area (Å²) >= 11 is 4.98. The lowest BCUT2D eigenvalue weighted by Crippen LogP contribution is -2.44. The molecular formula is C12H23N3O6S3. The van der Waals surface area contributed by atoms with Gasteiger partial charge in [0.05, 0.1) is 24.2 Å². The zero-order valence-electron chi connectivity index (χ0n) is 13.5. The van der Waals surface area contributed by atoms with Gasteiger partial charge in [0.2, 0.25) is 21.8 Å². The second-order valence-electron chi connectivity index (χ2n) is 4.55. The third-order valence-corrected chi connectivity index (χ3v) is 5.78. The second-order valence-corrected chi connectivity index (χ2v) is 8.24. The summed E-state index contributed by atoms with van der Waals surface area (Å²) in [6, 6.07) is -1.06. The van der Waals surface area contributed by atoms with Crippen LogP contribution in [0.3, 0.4) is 0 Å². The van der Waals surface area contributed by atoms with Crippen molar-refractivity contribution < 1.29 is 27.5 Å². The van der Waals surface area contributed by atoms with Gasteiger partial charge in [0.25, 0.3) is 0 Å². The lowest BCUT2D eigenvalue weighted by Gasteiger charge is -2.16. The van der Waals surface area contributed by atoms with E-state index < -0.39 is 39.1 Å². The number of carbonyl (C=O) groups excluding carboxylic acids is 3. The van der Waals surface area contributed by atoms with Crippen LogP contribution in [0.15, 0.2) is 0 Å². The Morgan fingerprint density at radius 1 is 1.33 bits per heavy atom. The Morgan fingerprint density at radius 2 is 1.96 bits per heavy atom. The van der Waals surface area contributed by atoms with Crippen molar-refractivity contribution in [1.29, 1.82) is 0 Å². The van der Waals surface area contributed by atoms with Crippen LogP contribution in [0, 0.1) is 0 Å². The maximum atomic E-state index is 11.9. The quantitative estimate of drug-likeness (QED) is 0.242. The molecule has 2 atom stereocenters. The van der Waals surface area contributed by atoms with E-state index in [9.17, 15) is 22.8 Å². The molecule has 12 heteroatoms. The molecule has 140 valence electrons. The van der Waals surface area contributed by atoms with Gasteiger partial charge in [-0.1, -0.05) is 0 Å². The molecule has 2 amide bonds. The van der Waals surface area contributed by atoms with Crippen LogP contribution in [0.2, 0.25) is 0 Å². The number of ether oxygens (including phenoxy) is 1. The first-order chi connectivity index (χ1) is 11.2. The van der Waals surface area contributed by atoms with E-state index in [0.717, 1.165) is 11.8 Å². The minimum Gasteiger partial charge on any atom is -0.465 e. The highest BCUT2D eigenvalue weighted by Gasteiger charge is 2.25. The van der Waals surface area contributed by atoms with Gasteiger partial charge in [-0.2, -0.15) is 12.6 Å². The van der Waals surface area contributed by atoms with Crippen molar-refractivity contribution in [2.75, 3.05) is 30.4 Å². The molecule has 9 nitrogen and oxygen atoms in total. The number of nitrogens with two attached hydrogens (primary N) is 1. The lowest BCUT2D eigenvalue weighted by atomic mass is 10.4. The van der Waals surface area contributed by atoms with Gasteiger partial charge in [-0.15, -0.1) is 11.8 Å². The van der Waals surface area contributed by atoms with Crippen molar-refractivity contribution in [3.05, 3.63) is 0 Å². The van der Waals surface area contributed by atoms with Gasteiger partial charge in [-0.25, -0.2) is 13.1 Å². The van der Waals surface area contributed by atoms with Crippen molar-refractivity contribution in [2.45, 2.75) is 25.1 Å². The maximum absolute atomic E-state index is 11.9. The molecule has 0 bridgehead atoms. The van der Waals surface area contributed by atoms with Gasteiger partial charge in [0.1, 0.15) is 6.04 Å². The molecule has 0 aliphatic heterocycles. The van der Waals surface area contributed by atoms with Crippen molar-refractivity contribution in [1.82, 2.24) is 10.0 Å². The smallest absolute Gasteiger partial charge is 0.325 e. The van der Waals surface area contributed by atoms with Crippen LogP contribution >= 0.6 is 24.4 Å². The Balaban J connectivity index is 4.39. The van der Waals surface area contributed by atoms with Gasteiger partial charge in [0.15, 0.2) is 0 Å². The summed E-state index contributed by atoms with van der Waals surface area (Å²) in [5.74, 6) is -2.08. The number of sulfonamides is 1. The zero-order chi connectivity index (χ0) is 18.8. The van der Waals surface area contributed by atoms with Gasteiger partial charge >= 0.3 is 5.97 Å². The number of rotatable bonds is 11. The van der Waals surface area contributed by atoms with Crippen LogP contribution in [0.5, 0.6) is 0 Å². The topological polar surface area (TPSA) is 145 Å². The number of nitrogens with one attached hydrogen (secondary N) is 2. The van der Waals surface area contributed by atoms with Crippen LogP contribution in [0.4, 0.5) is 0 Å². The highest BCUT2D eigenvalue weighted by Crippen LogP contribution is 2.11. The molecule has 0 aliphatic rings. The van der Waals surface area contributed by atoms with E-state index in [1.807, 2.05) is 0 Å². The Bertz CT molecular complexity index is 540. The van der Waals surface area contributed by atoms with Crippen molar-refractivity contribution >= 4 is 52.2 Å². The second kappa shape index (κ2) is 11.7. The van der Waals surface area contributed by atoms with Crippen LogP contribution in [0.25, 0.3) is 0 Å². The number of imide groups is 1. The summed E-state index contributed by atoms with van der Waals surface area (Å²) in [6.45, 7) is 2.98. The first-order valence-electron chi connectivity index (χ1n) is 7.09. The standard InChI is InChI=1S/C12H23N3O6S3/c1-3-21-12(18)9(7-22)15-24(19,20)5-4-23-8(2)11(17)14-10(16)6-13/h8-9,15,22H,3-7,13H2,1-2H3,(H,14,16,17)/t8-,9?/m0/s1. The number of esters is 1. The largest absolute Gasteiger partial charge is 0.465 e. The Labute approximate surface area is 151 Å². The number of hydrogen-bond donors (Lipinski definition) is 4. The molecule has 24 heavy (non-hydrogen) atoms. The van der Waals surface area contributed by atoms with Gasteiger partial charge < -0.3 is 10.5 Å². The van der Waals surface area contributed by atoms with Crippen molar-refractivity contribution in [3.63, 3.8) is 0 Å². The monoisotopic (exact) mass is 401 g/mol. The molecule has 1 unspecified atom stereocenters. The minimum absolute atomic E-state index is 0.0365. The molecule has 0 saturated carbocycles. The summed E-state index contributed by atoms with van der Waals surface area (Å²) < 4.78 is 30.8. The first kappa shape index (κ1) is 23.2. The third kappa shape index (κ3) is 9.47. The molecule has 0 aliphatic carbocycles. The number of thiol groups is 1. The molecule has 0 radical (unpaired) electrons. The predicted molar refractivity (Wildman–Crippen MR) is 95.3 cm³/mol. The maximum Gasteiger partial charge on any atom is 0.325 e. The normalized spacial score (nSPS) is 13.8. The first-order valence-corrected chi connectivity index (χ1v) is 10.4. The molecular weight excluding hydrogens is 378 g/mol. The molecule has 0 fully saturated rings. The molecule has 0 saturated heterocycles. The van der Waals surface area contributed by atoms with E-state index in [2.05, 4.69) is 22.7 Å². The number of amides is 2. The van der Waals surface area contributed by atoms with Crippen LogP contribution in [0.1, 0.15) is 13.8 Å². The number of thioether (sulfide) groups is 1. The number of hydrogen-bond acceptors (Lipinski definition) is 9.